The van der Waals surface area contributed by atoms with Gasteiger partial charge in [0.1, 0.15) is 11.6 Å². The van der Waals surface area contributed by atoms with Crippen LogP contribution in [0.3, 0.4) is 0 Å². The number of amides is 1. The number of benzene rings is 2. The maximum absolute atomic E-state index is 12.8. The Balaban J connectivity index is 2.23. The van der Waals surface area contributed by atoms with Crippen molar-refractivity contribution in [3.63, 3.8) is 0 Å². The molecule has 0 bridgehead atoms. The number of ether oxygens (including phenoxy) is 1. The molecule has 2 aromatic carbocycles. The fraction of sp³-hybridized carbons (Fsp3) is 0.0714. The van der Waals surface area contributed by atoms with Crippen LogP contribution in [-0.2, 0) is 10.0 Å². The monoisotopic (exact) mass is 309 g/mol. The molecule has 0 saturated carbocycles. The fourth-order valence-corrected chi connectivity index (χ4v) is 2.59. The van der Waals surface area contributed by atoms with E-state index in [1.54, 1.807) is 12.1 Å². The Morgan fingerprint density at radius 3 is 2.43 bits per heavy atom. The lowest BCUT2D eigenvalue weighted by atomic mass is 10.2. The molecule has 0 aliphatic heterocycles. The van der Waals surface area contributed by atoms with E-state index in [9.17, 15) is 17.6 Å². The largest absolute Gasteiger partial charge is 0.497 e. The van der Waals surface area contributed by atoms with E-state index in [0.717, 1.165) is 24.3 Å². The molecule has 0 heterocycles. The predicted molar refractivity (Wildman–Crippen MR) is 74.0 cm³/mol. The van der Waals surface area contributed by atoms with Gasteiger partial charge in [0.2, 0.25) is 0 Å². The van der Waals surface area contributed by atoms with Gasteiger partial charge >= 0.3 is 0 Å². The number of methoxy groups -OCH3 is 1. The van der Waals surface area contributed by atoms with Gasteiger partial charge in [-0.2, -0.15) is 0 Å². The van der Waals surface area contributed by atoms with Crippen LogP contribution in [0.4, 0.5) is 4.39 Å². The number of nitrogens with one attached hydrogen (secondary N) is 1. The van der Waals surface area contributed by atoms with E-state index in [1.165, 1.54) is 19.2 Å². The van der Waals surface area contributed by atoms with Gasteiger partial charge < -0.3 is 4.74 Å². The summed E-state index contributed by atoms with van der Waals surface area (Å²) in [4.78, 5) is 11.8. The molecule has 2 aromatic rings. The zero-order valence-corrected chi connectivity index (χ0v) is 11.9. The second-order valence-electron chi connectivity index (χ2n) is 4.12. The Labute approximate surface area is 121 Å². The highest BCUT2D eigenvalue weighted by molar-refractivity contribution is 7.90. The van der Waals surface area contributed by atoms with Crippen molar-refractivity contribution >= 4 is 15.9 Å². The first-order chi connectivity index (χ1) is 9.92. The zero-order chi connectivity index (χ0) is 15.5. The summed E-state index contributed by atoms with van der Waals surface area (Å²) in [5.74, 6) is -0.923. The highest BCUT2D eigenvalue weighted by Crippen LogP contribution is 2.14. The van der Waals surface area contributed by atoms with Gasteiger partial charge in [0.25, 0.3) is 15.9 Å². The van der Waals surface area contributed by atoms with Crippen LogP contribution < -0.4 is 9.46 Å². The van der Waals surface area contributed by atoms with Crippen LogP contribution in [0.1, 0.15) is 10.4 Å². The summed E-state index contributed by atoms with van der Waals surface area (Å²) in [6.07, 6.45) is 0. The molecule has 2 rings (SSSR count). The Kier molecular flexibility index (Phi) is 4.23. The van der Waals surface area contributed by atoms with Gasteiger partial charge in [-0.1, -0.05) is 6.07 Å². The molecule has 0 aromatic heterocycles. The maximum Gasteiger partial charge on any atom is 0.265 e. The van der Waals surface area contributed by atoms with E-state index in [2.05, 4.69) is 0 Å². The Hall–Kier alpha value is -2.41. The third-order valence-electron chi connectivity index (χ3n) is 2.68. The van der Waals surface area contributed by atoms with Gasteiger partial charge in [-0.25, -0.2) is 17.5 Å². The Morgan fingerprint density at radius 2 is 1.81 bits per heavy atom. The summed E-state index contributed by atoms with van der Waals surface area (Å²) in [6.45, 7) is 0. The molecular formula is C14H12FNO4S. The molecule has 0 saturated heterocycles. The lowest BCUT2D eigenvalue weighted by Crippen LogP contribution is -2.30. The van der Waals surface area contributed by atoms with Gasteiger partial charge in [-0.3, -0.25) is 4.79 Å². The van der Waals surface area contributed by atoms with Crippen molar-refractivity contribution in [3.8, 4) is 5.75 Å². The minimum Gasteiger partial charge on any atom is -0.497 e. The van der Waals surface area contributed by atoms with Gasteiger partial charge in [0, 0.05) is 5.56 Å². The molecule has 7 heteroatoms. The van der Waals surface area contributed by atoms with E-state index in [-0.39, 0.29) is 10.5 Å². The summed E-state index contributed by atoms with van der Waals surface area (Å²) in [7, 11) is -2.61. The smallest absolute Gasteiger partial charge is 0.265 e. The van der Waals surface area contributed by atoms with Crippen LogP contribution in [0, 0.1) is 5.82 Å². The molecule has 0 aliphatic rings. The van der Waals surface area contributed by atoms with Crippen LogP contribution in [-0.4, -0.2) is 21.4 Å². The molecule has 110 valence electrons. The molecule has 1 N–H and O–H groups in total. The van der Waals surface area contributed by atoms with E-state index in [1.807, 2.05) is 4.72 Å². The third kappa shape index (κ3) is 3.57. The lowest BCUT2D eigenvalue weighted by molar-refractivity contribution is 0.0981. The van der Waals surface area contributed by atoms with Crippen molar-refractivity contribution in [1.29, 1.82) is 0 Å². The number of hydrogen-bond acceptors (Lipinski definition) is 4. The number of rotatable bonds is 4. The van der Waals surface area contributed by atoms with Gasteiger partial charge in [-0.05, 0) is 42.5 Å². The SMILES string of the molecule is COc1cccc(C(=O)NS(=O)(=O)c2ccc(F)cc2)c1. The average molecular weight is 309 g/mol. The van der Waals surface area contributed by atoms with Gasteiger partial charge in [0.15, 0.2) is 0 Å². The molecule has 5 nitrogen and oxygen atoms in total. The van der Waals surface area contributed by atoms with Crippen molar-refractivity contribution < 1.29 is 22.3 Å². The highest BCUT2D eigenvalue weighted by Gasteiger charge is 2.18. The van der Waals surface area contributed by atoms with Crippen molar-refractivity contribution in [2.75, 3.05) is 7.11 Å². The second-order valence-corrected chi connectivity index (χ2v) is 5.80. The minimum absolute atomic E-state index is 0.139. The molecule has 0 atom stereocenters. The van der Waals surface area contributed by atoms with Crippen molar-refractivity contribution in [3.05, 3.63) is 59.9 Å². The minimum atomic E-state index is -4.05. The summed E-state index contributed by atoms with van der Waals surface area (Å²) in [5.41, 5.74) is 0.139. The van der Waals surface area contributed by atoms with Gasteiger partial charge in [0.05, 0.1) is 12.0 Å². The van der Waals surface area contributed by atoms with Crippen LogP contribution in [0.2, 0.25) is 0 Å². The Bertz CT molecular complexity index is 757. The molecule has 0 spiro atoms. The van der Waals surface area contributed by atoms with E-state index in [0.29, 0.717) is 5.75 Å². The molecule has 0 radical (unpaired) electrons. The number of carbonyl (C=O) groups excluding carboxylic acids is 1. The topological polar surface area (TPSA) is 72.5 Å². The summed E-state index contributed by atoms with van der Waals surface area (Å²) < 4.78 is 43.7. The molecular weight excluding hydrogens is 297 g/mol. The van der Waals surface area contributed by atoms with Crippen molar-refractivity contribution in [2.45, 2.75) is 4.90 Å². The summed E-state index contributed by atoms with van der Waals surface area (Å²) >= 11 is 0. The first-order valence-electron chi connectivity index (χ1n) is 5.89. The lowest BCUT2D eigenvalue weighted by Gasteiger charge is -2.08. The van der Waals surface area contributed by atoms with E-state index >= 15 is 0 Å². The van der Waals surface area contributed by atoms with Crippen LogP contribution in [0.25, 0.3) is 0 Å². The Morgan fingerprint density at radius 1 is 1.14 bits per heavy atom. The number of hydrogen-bond donors (Lipinski definition) is 1. The number of sulfonamides is 1. The summed E-state index contributed by atoms with van der Waals surface area (Å²) in [6, 6.07) is 10.2. The molecule has 1 amide bonds. The van der Waals surface area contributed by atoms with E-state index < -0.39 is 21.7 Å². The van der Waals surface area contributed by atoms with Crippen LogP contribution >= 0.6 is 0 Å². The fourth-order valence-electron chi connectivity index (χ4n) is 1.62. The van der Waals surface area contributed by atoms with Crippen molar-refractivity contribution in [2.24, 2.45) is 0 Å². The quantitative estimate of drug-likeness (QED) is 0.937. The maximum atomic E-state index is 12.8. The van der Waals surface area contributed by atoms with Gasteiger partial charge in [-0.15, -0.1) is 0 Å². The standard InChI is InChI=1S/C14H12FNO4S/c1-20-12-4-2-3-10(9-12)14(17)16-21(18,19)13-7-5-11(15)6-8-13/h2-9H,1H3,(H,16,17). The number of halogens is 1. The number of carbonyl (C=O) groups is 1. The first-order valence-corrected chi connectivity index (χ1v) is 7.37. The predicted octanol–water partition coefficient (Wildman–Crippen LogP) is 1.95. The average Bonchev–Trinajstić information content (AvgIpc) is 2.47. The first kappa shape index (κ1) is 15.0. The van der Waals surface area contributed by atoms with Crippen LogP contribution in [0.5, 0.6) is 5.75 Å². The van der Waals surface area contributed by atoms with Crippen molar-refractivity contribution in [1.82, 2.24) is 4.72 Å². The van der Waals surface area contributed by atoms with Crippen LogP contribution in [0.15, 0.2) is 53.4 Å². The van der Waals surface area contributed by atoms with E-state index in [4.69, 9.17) is 4.74 Å². The molecule has 21 heavy (non-hydrogen) atoms. The molecule has 0 unspecified atom stereocenters. The summed E-state index contributed by atoms with van der Waals surface area (Å²) in [5, 5.41) is 0. The third-order valence-corrected chi connectivity index (χ3v) is 4.03. The molecule has 0 fully saturated rings. The molecule has 0 aliphatic carbocycles. The zero-order valence-electron chi connectivity index (χ0n) is 11.0. The highest BCUT2D eigenvalue weighted by atomic mass is 32.2. The second kappa shape index (κ2) is 5.92. The normalized spacial score (nSPS) is 11.0.